The summed E-state index contributed by atoms with van der Waals surface area (Å²) in [5.74, 6) is -0.666. The number of amides is 1. The standard InChI is InChI=1S/C17H17N3O4/c1-24-15-5-3-2-4-14(15)18-11-16(21)20-19-10-12-6-8-13(9-7-12)17(22)23/h2-10,18H,11H2,1H3,(H,20,21)(H,22,23). The highest BCUT2D eigenvalue weighted by Crippen LogP contribution is 2.22. The third-order valence-electron chi connectivity index (χ3n) is 3.11. The SMILES string of the molecule is COc1ccccc1NCC(=O)NN=Cc1ccc(C(=O)O)cc1. The zero-order valence-electron chi connectivity index (χ0n) is 13.0. The number of rotatable bonds is 7. The molecule has 0 saturated carbocycles. The second-order valence-electron chi connectivity index (χ2n) is 4.77. The molecule has 3 N–H and O–H groups in total. The number of ether oxygens (including phenoxy) is 1. The predicted molar refractivity (Wildman–Crippen MR) is 90.6 cm³/mol. The van der Waals surface area contributed by atoms with Crippen molar-refractivity contribution in [1.82, 2.24) is 5.43 Å². The number of carbonyl (C=O) groups excluding carboxylic acids is 1. The molecule has 0 fully saturated rings. The van der Waals surface area contributed by atoms with Gasteiger partial charge in [-0.05, 0) is 29.8 Å². The molecule has 0 aromatic heterocycles. The maximum Gasteiger partial charge on any atom is 0.335 e. The van der Waals surface area contributed by atoms with Crippen molar-refractivity contribution in [2.75, 3.05) is 19.0 Å². The van der Waals surface area contributed by atoms with Crippen LogP contribution in [-0.4, -0.2) is 36.9 Å². The average molecular weight is 327 g/mol. The molecule has 2 aromatic rings. The Hall–Kier alpha value is -3.35. The van der Waals surface area contributed by atoms with Crippen molar-refractivity contribution in [3.63, 3.8) is 0 Å². The van der Waals surface area contributed by atoms with Gasteiger partial charge in [0.1, 0.15) is 5.75 Å². The second-order valence-corrected chi connectivity index (χ2v) is 4.77. The molecule has 0 saturated heterocycles. The first-order valence-electron chi connectivity index (χ1n) is 7.12. The molecule has 0 aliphatic rings. The molecule has 7 nitrogen and oxygen atoms in total. The van der Waals surface area contributed by atoms with Gasteiger partial charge in [-0.3, -0.25) is 4.79 Å². The number of nitrogens with one attached hydrogen (secondary N) is 2. The molecule has 0 radical (unpaired) electrons. The number of hydrogen-bond acceptors (Lipinski definition) is 5. The van der Waals surface area contributed by atoms with Gasteiger partial charge in [0.25, 0.3) is 5.91 Å². The Morgan fingerprint density at radius 2 is 1.88 bits per heavy atom. The van der Waals surface area contributed by atoms with Crippen LogP contribution in [0.2, 0.25) is 0 Å². The number of nitrogens with zero attached hydrogens (tertiary/aromatic N) is 1. The fourth-order valence-electron chi connectivity index (χ4n) is 1.90. The average Bonchev–Trinajstić information content (AvgIpc) is 2.60. The van der Waals surface area contributed by atoms with Gasteiger partial charge in [0.15, 0.2) is 0 Å². The van der Waals surface area contributed by atoms with Crippen LogP contribution in [0.5, 0.6) is 5.75 Å². The molecular formula is C17H17N3O4. The van der Waals surface area contributed by atoms with Gasteiger partial charge in [-0.1, -0.05) is 24.3 Å². The van der Waals surface area contributed by atoms with Crippen molar-refractivity contribution >= 4 is 23.8 Å². The van der Waals surface area contributed by atoms with Crippen LogP contribution in [0.4, 0.5) is 5.69 Å². The van der Waals surface area contributed by atoms with E-state index in [2.05, 4.69) is 15.8 Å². The monoisotopic (exact) mass is 327 g/mol. The van der Waals surface area contributed by atoms with Crippen LogP contribution >= 0.6 is 0 Å². The molecule has 1 amide bonds. The molecule has 0 spiro atoms. The van der Waals surface area contributed by atoms with E-state index in [9.17, 15) is 9.59 Å². The Balaban J connectivity index is 1.83. The van der Waals surface area contributed by atoms with Crippen LogP contribution in [0.1, 0.15) is 15.9 Å². The van der Waals surface area contributed by atoms with Crippen LogP contribution in [0.25, 0.3) is 0 Å². The quantitative estimate of drug-likeness (QED) is 0.533. The molecule has 124 valence electrons. The highest BCUT2D eigenvalue weighted by molar-refractivity contribution is 5.89. The van der Waals surface area contributed by atoms with E-state index in [1.807, 2.05) is 12.1 Å². The normalized spacial score (nSPS) is 10.4. The number of aromatic carboxylic acids is 1. The molecule has 0 heterocycles. The Morgan fingerprint density at radius 1 is 1.17 bits per heavy atom. The van der Waals surface area contributed by atoms with Crippen molar-refractivity contribution < 1.29 is 19.4 Å². The number of carboxylic acid groups (broad SMARTS) is 1. The number of methoxy groups -OCH3 is 1. The van der Waals surface area contributed by atoms with E-state index in [0.717, 1.165) is 0 Å². The first kappa shape index (κ1) is 17.0. The highest BCUT2D eigenvalue weighted by atomic mass is 16.5. The molecule has 0 atom stereocenters. The summed E-state index contributed by atoms with van der Waals surface area (Å²) in [6.45, 7) is 0.0374. The van der Waals surface area contributed by atoms with Crippen LogP contribution in [0, 0.1) is 0 Å². The third-order valence-corrected chi connectivity index (χ3v) is 3.11. The number of para-hydroxylation sites is 2. The van der Waals surface area contributed by atoms with Crippen molar-refractivity contribution in [2.45, 2.75) is 0 Å². The summed E-state index contributed by atoms with van der Waals surface area (Å²) in [6, 6.07) is 13.4. The number of anilines is 1. The van der Waals surface area contributed by atoms with Gasteiger partial charge in [-0.15, -0.1) is 0 Å². The van der Waals surface area contributed by atoms with E-state index in [4.69, 9.17) is 9.84 Å². The minimum atomic E-state index is -0.991. The predicted octanol–water partition coefficient (Wildman–Crippen LogP) is 1.96. The lowest BCUT2D eigenvalue weighted by Gasteiger charge is -2.09. The van der Waals surface area contributed by atoms with Gasteiger partial charge < -0.3 is 15.2 Å². The van der Waals surface area contributed by atoms with E-state index in [1.165, 1.54) is 18.3 Å². The molecule has 0 bridgehead atoms. The molecule has 24 heavy (non-hydrogen) atoms. The molecule has 2 aromatic carbocycles. The Labute approximate surface area is 139 Å². The van der Waals surface area contributed by atoms with Gasteiger partial charge >= 0.3 is 5.97 Å². The smallest absolute Gasteiger partial charge is 0.335 e. The number of carboxylic acids is 1. The lowest BCUT2D eigenvalue weighted by molar-refractivity contribution is -0.119. The summed E-state index contributed by atoms with van der Waals surface area (Å²) in [4.78, 5) is 22.5. The van der Waals surface area contributed by atoms with Crippen molar-refractivity contribution in [1.29, 1.82) is 0 Å². The van der Waals surface area contributed by atoms with Gasteiger partial charge in [0.05, 0.1) is 31.1 Å². The summed E-state index contributed by atoms with van der Waals surface area (Å²) in [5, 5.41) is 15.6. The summed E-state index contributed by atoms with van der Waals surface area (Å²) >= 11 is 0. The van der Waals surface area contributed by atoms with E-state index in [-0.39, 0.29) is 18.0 Å². The molecule has 7 heteroatoms. The summed E-state index contributed by atoms with van der Waals surface area (Å²) in [6.07, 6.45) is 1.44. The summed E-state index contributed by atoms with van der Waals surface area (Å²) in [5.41, 5.74) is 3.97. The van der Waals surface area contributed by atoms with Gasteiger partial charge in [-0.25, -0.2) is 10.2 Å². The zero-order chi connectivity index (χ0) is 17.4. The van der Waals surface area contributed by atoms with Crippen LogP contribution < -0.4 is 15.5 Å². The Kier molecular flexibility index (Phi) is 5.90. The van der Waals surface area contributed by atoms with Gasteiger partial charge in [0, 0.05) is 0 Å². The van der Waals surface area contributed by atoms with Gasteiger partial charge in [0.2, 0.25) is 0 Å². The van der Waals surface area contributed by atoms with Crippen molar-refractivity contribution in [2.24, 2.45) is 5.10 Å². The first-order valence-corrected chi connectivity index (χ1v) is 7.12. The van der Waals surface area contributed by atoms with Crippen molar-refractivity contribution in [3.8, 4) is 5.75 Å². The second kappa shape index (κ2) is 8.33. The van der Waals surface area contributed by atoms with Crippen LogP contribution in [0.3, 0.4) is 0 Å². The number of benzene rings is 2. The van der Waals surface area contributed by atoms with E-state index < -0.39 is 5.97 Å². The maximum absolute atomic E-state index is 11.7. The lowest BCUT2D eigenvalue weighted by Crippen LogP contribution is -2.26. The van der Waals surface area contributed by atoms with Crippen molar-refractivity contribution in [3.05, 3.63) is 59.7 Å². The molecular weight excluding hydrogens is 310 g/mol. The first-order chi connectivity index (χ1) is 11.6. The maximum atomic E-state index is 11.7. The Morgan fingerprint density at radius 3 is 2.54 bits per heavy atom. The molecule has 0 aliphatic heterocycles. The number of hydrazone groups is 1. The minimum Gasteiger partial charge on any atom is -0.495 e. The fraction of sp³-hybridized carbons (Fsp3) is 0.118. The highest BCUT2D eigenvalue weighted by Gasteiger charge is 2.04. The number of carbonyl (C=O) groups is 2. The zero-order valence-corrected chi connectivity index (χ0v) is 13.0. The Bertz CT molecular complexity index is 742. The van der Waals surface area contributed by atoms with E-state index in [1.54, 1.807) is 31.4 Å². The van der Waals surface area contributed by atoms with Gasteiger partial charge in [-0.2, -0.15) is 5.10 Å². The number of hydrogen-bond donors (Lipinski definition) is 3. The summed E-state index contributed by atoms with van der Waals surface area (Å²) < 4.78 is 5.18. The minimum absolute atomic E-state index is 0.0374. The molecule has 2 rings (SSSR count). The topological polar surface area (TPSA) is 100 Å². The summed E-state index contributed by atoms with van der Waals surface area (Å²) in [7, 11) is 1.56. The molecule has 0 unspecified atom stereocenters. The van der Waals surface area contributed by atoms with E-state index >= 15 is 0 Å². The lowest BCUT2D eigenvalue weighted by atomic mass is 10.1. The molecule has 0 aliphatic carbocycles. The largest absolute Gasteiger partial charge is 0.495 e. The van der Waals surface area contributed by atoms with Crippen LogP contribution in [-0.2, 0) is 4.79 Å². The van der Waals surface area contributed by atoms with Crippen LogP contribution in [0.15, 0.2) is 53.6 Å². The fourth-order valence-corrected chi connectivity index (χ4v) is 1.90. The van der Waals surface area contributed by atoms with E-state index in [0.29, 0.717) is 17.0 Å². The third kappa shape index (κ3) is 4.84.